The van der Waals surface area contributed by atoms with E-state index in [1.54, 1.807) is 0 Å². The van der Waals surface area contributed by atoms with Crippen LogP contribution in [0.4, 0.5) is 0 Å². The number of fused-ring (bicyclic) bond motifs is 6. The van der Waals surface area contributed by atoms with Crippen molar-refractivity contribution in [3.63, 3.8) is 0 Å². The van der Waals surface area contributed by atoms with Crippen LogP contribution in [0.15, 0.2) is 97.3 Å². The second-order valence-electron chi connectivity index (χ2n) is 9.30. The van der Waals surface area contributed by atoms with Crippen molar-refractivity contribution in [2.75, 3.05) is 0 Å². The third-order valence-electron chi connectivity index (χ3n) is 6.99. The van der Waals surface area contributed by atoms with Crippen molar-refractivity contribution >= 4 is 43.6 Å². The lowest BCUT2D eigenvalue weighted by molar-refractivity contribution is 1.31. The van der Waals surface area contributed by atoms with Crippen LogP contribution in [-0.2, 0) is 0 Å². The number of benzene rings is 3. The van der Waals surface area contributed by atoms with Crippen LogP contribution in [0.2, 0.25) is 0 Å². The number of pyridine rings is 4. The van der Waals surface area contributed by atoms with E-state index in [4.69, 9.17) is 9.97 Å². The molecule has 0 bridgehead atoms. The highest BCUT2D eigenvalue weighted by molar-refractivity contribution is 6.04. The van der Waals surface area contributed by atoms with E-state index in [-0.39, 0.29) is 0 Å². The van der Waals surface area contributed by atoms with Gasteiger partial charge in [0, 0.05) is 45.1 Å². The number of aromatic nitrogens is 4. The molecule has 0 radical (unpaired) electrons. The Labute approximate surface area is 208 Å². The SMILES string of the molecule is Cc1cc(-c2ccc3ccc4cccnc4c3n2)c(C)cc1-c1ccc2ccc3cccnc3c2n1. The van der Waals surface area contributed by atoms with Gasteiger partial charge in [-0.2, -0.15) is 0 Å². The lowest BCUT2D eigenvalue weighted by Crippen LogP contribution is -1.95. The summed E-state index contributed by atoms with van der Waals surface area (Å²) in [5, 5.41) is 4.39. The molecule has 7 aromatic rings. The molecular weight excluding hydrogens is 440 g/mol. The summed E-state index contributed by atoms with van der Waals surface area (Å²) in [4.78, 5) is 19.4. The molecule has 4 heteroatoms. The van der Waals surface area contributed by atoms with Gasteiger partial charge in [0.2, 0.25) is 0 Å². The summed E-state index contributed by atoms with van der Waals surface area (Å²) < 4.78 is 0. The normalized spacial score (nSPS) is 11.6. The van der Waals surface area contributed by atoms with E-state index in [0.717, 1.165) is 77.3 Å². The molecule has 0 spiro atoms. The van der Waals surface area contributed by atoms with E-state index < -0.39 is 0 Å². The van der Waals surface area contributed by atoms with Crippen LogP contribution >= 0.6 is 0 Å². The summed E-state index contributed by atoms with van der Waals surface area (Å²) >= 11 is 0. The molecule has 0 atom stereocenters. The summed E-state index contributed by atoms with van der Waals surface area (Å²) in [6.07, 6.45) is 3.66. The first-order valence-corrected chi connectivity index (χ1v) is 12.1. The summed E-state index contributed by atoms with van der Waals surface area (Å²) in [5.74, 6) is 0. The maximum absolute atomic E-state index is 5.07. The van der Waals surface area contributed by atoms with E-state index in [2.05, 4.69) is 96.6 Å². The highest BCUT2D eigenvalue weighted by Gasteiger charge is 2.13. The largest absolute Gasteiger partial charge is 0.254 e. The Hall–Kier alpha value is -4.70. The second-order valence-corrected chi connectivity index (χ2v) is 9.30. The number of rotatable bonds is 2. The molecule has 0 amide bonds. The van der Waals surface area contributed by atoms with E-state index in [1.807, 2.05) is 24.5 Å². The molecule has 0 aliphatic rings. The zero-order valence-electron chi connectivity index (χ0n) is 20.0. The highest BCUT2D eigenvalue weighted by atomic mass is 14.8. The van der Waals surface area contributed by atoms with Gasteiger partial charge in [-0.15, -0.1) is 0 Å². The van der Waals surface area contributed by atoms with Crippen LogP contribution in [0.1, 0.15) is 11.1 Å². The van der Waals surface area contributed by atoms with Gasteiger partial charge in [-0.05, 0) is 61.4 Å². The monoisotopic (exact) mass is 462 g/mol. The number of aryl methyl sites for hydroxylation is 2. The van der Waals surface area contributed by atoms with Gasteiger partial charge in [-0.25, -0.2) is 9.97 Å². The highest BCUT2D eigenvalue weighted by Crippen LogP contribution is 2.33. The van der Waals surface area contributed by atoms with Gasteiger partial charge in [0.25, 0.3) is 0 Å². The molecule has 0 aliphatic carbocycles. The maximum Gasteiger partial charge on any atom is 0.0972 e. The Bertz CT molecular complexity index is 1830. The van der Waals surface area contributed by atoms with Gasteiger partial charge in [0.1, 0.15) is 0 Å². The molecular formula is C32H22N4. The van der Waals surface area contributed by atoms with Gasteiger partial charge in [0.05, 0.1) is 33.5 Å². The van der Waals surface area contributed by atoms with Gasteiger partial charge in [-0.3, -0.25) is 9.97 Å². The van der Waals surface area contributed by atoms with Crippen LogP contribution in [-0.4, -0.2) is 19.9 Å². The standard InChI is InChI=1S/C32H22N4/c1-19-17-26(28-14-12-24-10-8-22-6-4-16-34-30(22)32(24)36-28)20(2)18-25(19)27-13-11-23-9-7-21-5-3-15-33-29(21)31(23)35-27/h3-18H,1-2H3. The van der Waals surface area contributed by atoms with E-state index in [0.29, 0.717) is 0 Å². The lowest BCUT2D eigenvalue weighted by Gasteiger charge is -2.13. The predicted molar refractivity (Wildman–Crippen MR) is 148 cm³/mol. The topological polar surface area (TPSA) is 51.6 Å². The van der Waals surface area contributed by atoms with Crippen LogP contribution in [0.5, 0.6) is 0 Å². The number of hydrogen-bond acceptors (Lipinski definition) is 4. The smallest absolute Gasteiger partial charge is 0.0972 e. The van der Waals surface area contributed by atoms with E-state index in [1.165, 1.54) is 0 Å². The molecule has 0 unspecified atom stereocenters. The Morgan fingerprint density at radius 3 is 1.28 bits per heavy atom. The minimum absolute atomic E-state index is 0.933. The van der Waals surface area contributed by atoms with Crippen LogP contribution in [0.3, 0.4) is 0 Å². The van der Waals surface area contributed by atoms with Crippen molar-refractivity contribution in [3.8, 4) is 22.5 Å². The first-order valence-electron chi connectivity index (χ1n) is 12.1. The van der Waals surface area contributed by atoms with Crippen molar-refractivity contribution in [1.29, 1.82) is 0 Å². The first-order chi connectivity index (χ1) is 17.7. The molecule has 4 nitrogen and oxygen atoms in total. The summed E-state index contributed by atoms with van der Waals surface area (Å²) in [6, 6.07) is 29.4. The maximum atomic E-state index is 5.07. The number of nitrogens with zero attached hydrogens (tertiary/aromatic N) is 4. The van der Waals surface area contributed by atoms with E-state index in [9.17, 15) is 0 Å². The Balaban J connectivity index is 1.38. The molecule has 0 fully saturated rings. The van der Waals surface area contributed by atoms with Crippen LogP contribution in [0, 0.1) is 13.8 Å². The van der Waals surface area contributed by atoms with Gasteiger partial charge in [0.15, 0.2) is 0 Å². The van der Waals surface area contributed by atoms with E-state index >= 15 is 0 Å². The number of hydrogen-bond donors (Lipinski definition) is 0. The van der Waals surface area contributed by atoms with Gasteiger partial charge >= 0.3 is 0 Å². The van der Waals surface area contributed by atoms with Crippen LogP contribution in [0.25, 0.3) is 66.1 Å². The van der Waals surface area contributed by atoms with Gasteiger partial charge in [-0.1, -0.05) is 48.5 Å². The molecule has 170 valence electrons. The summed E-state index contributed by atoms with van der Waals surface area (Å²) in [5.41, 5.74) is 10.2. The van der Waals surface area contributed by atoms with Crippen molar-refractivity contribution in [2.45, 2.75) is 13.8 Å². The van der Waals surface area contributed by atoms with Crippen molar-refractivity contribution in [2.24, 2.45) is 0 Å². The molecule has 4 aromatic heterocycles. The van der Waals surface area contributed by atoms with Crippen LogP contribution < -0.4 is 0 Å². The average Bonchev–Trinajstić information content (AvgIpc) is 2.93. The van der Waals surface area contributed by atoms with Crippen molar-refractivity contribution < 1.29 is 0 Å². The molecule has 3 aromatic carbocycles. The Kier molecular flexibility index (Phi) is 4.55. The molecule has 7 rings (SSSR count). The Morgan fingerprint density at radius 1 is 0.444 bits per heavy atom. The predicted octanol–water partition coefficient (Wildman–Crippen LogP) is 7.83. The third-order valence-corrected chi connectivity index (χ3v) is 6.99. The molecule has 0 saturated heterocycles. The van der Waals surface area contributed by atoms with Crippen molar-refractivity contribution in [3.05, 3.63) is 108 Å². The summed E-state index contributed by atoms with van der Waals surface area (Å²) in [7, 11) is 0. The third kappa shape index (κ3) is 3.23. The average molecular weight is 463 g/mol. The molecule has 0 N–H and O–H groups in total. The second kappa shape index (κ2) is 7.92. The fourth-order valence-corrected chi connectivity index (χ4v) is 5.12. The molecule has 0 aliphatic heterocycles. The molecule has 4 heterocycles. The fraction of sp³-hybridized carbons (Fsp3) is 0.0625. The minimum Gasteiger partial charge on any atom is -0.254 e. The quantitative estimate of drug-likeness (QED) is 0.246. The molecule has 0 saturated carbocycles. The zero-order chi connectivity index (χ0) is 24.2. The Morgan fingerprint density at radius 2 is 0.833 bits per heavy atom. The zero-order valence-corrected chi connectivity index (χ0v) is 20.0. The fourth-order valence-electron chi connectivity index (χ4n) is 5.12. The van der Waals surface area contributed by atoms with Gasteiger partial charge < -0.3 is 0 Å². The first kappa shape index (κ1) is 20.7. The molecule has 36 heavy (non-hydrogen) atoms. The summed E-state index contributed by atoms with van der Waals surface area (Å²) in [6.45, 7) is 4.28. The minimum atomic E-state index is 0.933. The lowest BCUT2D eigenvalue weighted by atomic mass is 9.95. The van der Waals surface area contributed by atoms with Crippen molar-refractivity contribution in [1.82, 2.24) is 19.9 Å².